The van der Waals surface area contributed by atoms with Crippen molar-refractivity contribution in [2.75, 3.05) is 32.0 Å². The van der Waals surface area contributed by atoms with Crippen molar-refractivity contribution in [3.05, 3.63) is 28.3 Å². The van der Waals surface area contributed by atoms with Crippen molar-refractivity contribution in [3.63, 3.8) is 0 Å². The van der Waals surface area contributed by atoms with E-state index in [1.807, 2.05) is 19.9 Å². The number of benzene rings is 1. The van der Waals surface area contributed by atoms with Crippen LogP contribution >= 0.6 is 0 Å². The summed E-state index contributed by atoms with van der Waals surface area (Å²) in [4.78, 5) is 12.9. The summed E-state index contributed by atoms with van der Waals surface area (Å²) in [5.41, 5.74) is 0.800. The Morgan fingerprint density at radius 3 is 2.81 bits per heavy atom. The number of non-ortho nitro benzene ring substituents is 1. The number of rotatable bonds is 6. The Labute approximate surface area is 125 Å². The molecule has 0 aliphatic carbocycles. The zero-order chi connectivity index (χ0) is 15.4. The summed E-state index contributed by atoms with van der Waals surface area (Å²) in [7, 11) is 2.11. The van der Waals surface area contributed by atoms with Crippen LogP contribution < -0.4 is 10.1 Å². The fourth-order valence-corrected chi connectivity index (χ4v) is 2.59. The molecule has 21 heavy (non-hydrogen) atoms. The number of nitro groups is 1. The predicted octanol–water partition coefficient (Wildman–Crippen LogP) is 2.75. The van der Waals surface area contributed by atoms with Crippen LogP contribution in [0.25, 0.3) is 0 Å². The first-order valence-corrected chi connectivity index (χ1v) is 7.32. The monoisotopic (exact) mass is 293 g/mol. The highest BCUT2D eigenvalue weighted by atomic mass is 16.6. The molecule has 1 N–H and O–H groups in total. The number of nitrogens with one attached hydrogen (secondary N) is 1. The van der Waals surface area contributed by atoms with Gasteiger partial charge in [-0.3, -0.25) is 10.1 Å². The minimum atomic E-state index is -0.387. The average molecular weight is 293 g/mol. The maximum atomic E-state index is 11.0. The van der Waals surface area contributed by atoms with Gasteiger partial charge in [-0.2, -0.15) is 0 Å². The van der Waals surface area contributed by atoms with Crippen LogP contribution in [0, 0.1) is 16.0 Å². The highest BCUT2D eigenvalue weighted by Gasteiger charge is 2.19. The molecule has 0 spiro atoms. The average Bonchev–Trinajstić information content (AvgIpc) is 2.81. The third-order valence-corrected chi connectivity index (χ3v) is 3.56. The molecular weight excluding hydrogens is 270 g/mol. The highest BCUT2D eigenvalue weighted by molar-refractivity contribution is 5.56. The third-order valence-electron chi connectivity index (χ3n) is 3.56. The Morgan fingerprint density at radius 2 is 2.24 bits per heavy atom. The van der Waals surface area contributed by atoms with Crippen LogP contribution in [0.4, 0.5) is 11.4 Å². The lowest BCUT2D eigenvalue weighted by Gasteiger charge is -2.15. The van der Waals surface area contributed by atoms with Gasteiger partial charge in [-0.05, 0) is 39.8 Å². The predicted molar refractivity (Wildman–Crippen MR) is 83.0 cm³/mol. The number of hydrogen-bond acceptors (Lipinski definition) is 5. The molecule has 0 radical (unpaired) electrons. The fraction of sp³-hybridized carbons (Fsp3) is 0.600. The smallest absolute Gasteiger partial charge is 0.275 e. The molecule has 1 unspecified atom stereocenters. The highest BCUT2D eigenvalue weighted by Crippen LogP contribution is 2.27. The van der Waals surface area contributed by atoms with Gasteiger partial charge in [-0.15, -0.1) is 0 Å². The quantitative estimate of drug-likeness (QED) is 0.645. The molecular formula is C15H23N3O3. The van der Waals surface area contributed by atoms with Gasteiger partial charge in [-0.1, -0.05) is 0 Å². The minimum Gasteiger partial charge on any atom is -0.491 e. The van der Waals surface area contributed by atoms with E-state index in [1.165, 1.54) is 6.07 Å². The Bertz CT molecular complexity index is 505. The first-order valence-electron chi connectivity index (χ1n) is 7.32. The summed E-state index contributed by atoms with van der Waals surface area (Å²) in [5.74, 6) is 1.12. The Kier molecular flexibility index (Phi) is 5.01. The van der Waals surface area contributed by atoms with E-state index in [4.69, 9.17) is 4.74 Å². The Balaban J connectivity index is 2.06. The second kappa shape index (κ2) is 6.76. The van der Waals surface area contributed by atoms with E-state index in [0.29, 0.717) is 11.7 Å². The number of nitro benzene ring substituents is 1. The zero-order valence-corrected chi connectivity index (χ0v) is 12.8. The summed E-state index contributed by atoms with van der Waals surface area (Å²) in [6, 6.07) is 4.85. The Morgan fingerprint density at radius 1 is 1.48 bits per heavy atom. The van der Waals surface area contributed by atoms with Crippen molar-refractivity contribution in [1.82, 2.24) is 4.90 Å². The van der Waals surface area contributed by atoms with Gasteiger partial charge in [0.15, 0.2) is 0 Å². The molecule has 1 saturated heterocycles. The van der Waals surface area contributed by atoms with Crippen LogP contribution in [0.5, 0.6) is 5.75 Å². The minimum absolute atomic E-state index is 0.0108. The fourth-order valence-electron chi connectivity index (χ4n) is 2.59. The van der Waals surface area contributed by atoms with E-state index in [1.54, 1.807) is 6.07 Å². The van der Waals surface area contributed by atoms with E-state index in [-0.39, 0.29) is 16.7 Å². The lowest BCUT2D eigenvalue weighted by atomic mass is 10.1. The van der Waals surface area contributed by atoms with Crippen LogP contribution in [-0.4, -0.2) is 42.6 Å². The first kappa shape index (κ1) is 15.6. The molecule has 0 bridgehead atoms. The molecule has 0 saturated carbocycles. The molecule has 1 atom stereocenters. The van der Waals surface area contributed by atoms with Crippen LogP contribution in [0.15, 0.2) is 18.2 Å². The Hall–Kier alpha value is -1.82. The van der Waals surface area contributed by atoms with Gasteiger partial charge < -0.3 is 15.0 Å². The number of nitrogens with zero attached hydrogens (tertiary/aromatic N) is 2. The second-order valence-corrected chi connectivity index (χ2v) is 5.94. The van der Waals surface area contributed by atoms with Crippen molar-refractivity contribution in [1.29, 1.82) is 0 Å². The van der Waals surface area contributed by atoms with Crippen molar-refractivity contribution >= 4 is 11.4 Å². The molecule has 1 fully saturated rings. The van der Waals surface area contributed by atoms with E-state index >= 15 is 0 Å². The standard InChI is InChI=1S/C15H23N3O3/c1-11(2)21-15-7-13(6-14(8-15)18(19)20)16-9-12-4-5-17(3)10-12/h6-8,11-12,16H,4-5,9-10H2,1-3H3. The van der Waals surface area contributed by atoms with Crippen LogP contribution in [0.3, 0.4) is 0 Å². The van der Waals surface area contributed by atoms with Gasteiger partial charge in [0.05, 0.1) is 17.1 Å². The molecule has 6 heteroatoms. The maximum Gasteiger partial charge on any atom is 0.275 e. The van der Waals surface area contributed by atoms with Gasteiger partial charge in [-0.25, -0.2) is 0 Å². The van der Waals surface area contributed by atoms with Crippen LogP contribution in [0.1, 0.15) is 20.3 Å². The summed E-state index contributed by atoms with van der Waals surface area (Å²) >= 11 is 0. The third kappa shape index (κ3) is 4.60. The van der Waals surface area contributed by atoms with Gasteiger partial charge in [0.25, 0.3) is 5.69 Å². The van der Waals surface area contributed by atoms with Crippen molar-refractivity contribution < 1.29 is 9.66 Å². The molecule has 1 aromatic rings. The van der Waals surface area contributed by atoms with Gasteiger partial charge in [0.1, 0.15) is 5.75 Å². The van der Waals surface area contributed by atoms with E-state index in [9.17, 15) is 10.1 Å². The molecule has 6 nitrogen and oxygen atoms in total. The number of ether oxygens (including phenoxy) is 1. The molecule has 2 rings (SSSR count). The number of likely N-dealkylation sites (tertiary alicyclic amines) is 1. The molecule has 1 aliphatic rings. The molecule has 1 aliphatic heterocycles. The van der Waals surface area contributed by atoms with Gasteiger partial charge in [0, 0.05) is 30.9 Å². The van der Waals surface area contributed by atoms with Gasteiger partial charge in [0.2, 0.25) is 0 Å². The van der Waals surface area contributed by atoms with Crippen molar-refractivity contribution in [2.24, 2.45) is 5.92 Å². The molecule has 1 aromatic carbocycles. The SMILES string of the molecule is CC(C)Oc1cc(NCC2CCN(C)C2)cc([N+](=O)[O-])c1. The summed E-state index contributed by atoms with van der Waals surface area (Å²) < 4.78 is 5.58. The maximum absolute atomic E-state index is 11.0. The lowest BCUT2D eigenvalue weighted by Crippen LogP contribution is -2.19. The van der Waals surface area contributed by atoms with E-state index in [2.05, 4.69) is 17.3 Å². The largest absolute Gasteiger partial charge is 0.491 e. The summed E-state index contributed by atoms with van der Waals surface area (Å²) in [6.07, 6.45) is 1.15. The molecule has 1 heterocycles. The lowest BCUT2D eigenvalue weighted by molar-refractivity contribution is -0.384. The summed E-state index contributed by atoms with van der Waals surface area (Å²) in [6.45, 7) is 6.81. The van der Waals surface area contributed by atoms with Crippen molar-refractivity contribution in [2.45, 2.75) is 26.4 Å². The van der Waals surface area contributed by atoms with E-state index in [0.717, 1.165) is 31.7 Å². The normalized spacial score (nSPS) is 19.0. The number of anilines is 1. The summed E-state index contributed by atoms with van der Waals surface area (Å²) in [5, 5.41) is 14.3. The topological polar surface area (TPSA) is 67.6 Å². The molecule has 0 aromatic heterocycles. The first-order chi connectivity index (χ1) is 9.94. The van der Waals surface area contributed by atoms with Crippen molar-refractivity contribution in [3.8, 4) is 5.75 Å². The molecule has 0 amide bonds. The van der Waals surface area contributed by atoms with Crippen LogP contribution in [-0.2, 0) is 0 Å². The van der Waals surface area contributed by atoms with Gasteiger partial charge >= 0.3 is 0 Å². The number of hydrogen-bond donors (Lipinski definition) is 1. The van der Waals surface area contributed by atoms with E-state index < -0.39 is 0 Å². The second-order valence-electron chi connectivity index (χ2n) is 5.94. The zero-order valence-electron chi connectivity index (χ0n) is 12.8. The molecule has 116 valence electrons. The van der Waals surface area contributed by atoms with Crippen LogP contribution in [0.2, 0.25) is 0 Å².